The molecule has 0 bridgehead atoms. The van der Waals surface area contributed by atoms with Gasteiger partial charge in [0.25, 0.3) is 0 Å². The molecule has 1 aromatic heterocycles. The first-order valence-corrected chi connectivity index (χ1v) is 10.7. The predicted molar refractivity (Wildman–Crippen MR) is 128 cm³/mol. The summed E-state index contributed by atoms with van der Waals surface area (Å²) in [7, 11) is 0. The summed E-state index contributed by atoms with van der Waals surface area (Å²) < 4.78 is 7.61. The molecule has 0 aliphatic rings. The van der Waals surface area contributed by atoms with E-state index in [1.54, 1.807) is 4.57 Å². The molecule has 158 valence electrons. The Morgan fingerprint density at radius 1 is 0.656 bits per heavy atom. The number of rotatable bonds is 7. The van der Waals surface area contributed by atoms with Crippen LogP contribution < -0.4 is 5.69 Å². The van der Waals surface area contributed by atoms with E-state index in [9.17, 15) is 4.79 Å². The molecule has 5 aromatic rings. The Bertz CT molecular complexity index is 1370. The Kier molecular flexibility index (Phi) is 5.69. The fraction of sp³-hybridized carbons (Fsp3) is 0.107. The maximum atomic E-state index is 12.5. The van der Waals surface area contributed by atoms with Gasteiger partial charge in [0, 0.05) is 0 Å². The highest BCUT2D eigenvalue weighted by atomic mass is 16.5. The fourth-order valence-electron chi connectivity index (χ4n) is 3.92. The molecule has 0 atom stereocenters. The second-order valence-corrected chi connectivity index (χ2v) is 7.91. The molecule has 0 radical (unpaired) electrons. The minimum atomic E-state index is -0.0908. The van der Waals surface area contributed by atoms with E-state index in [1.165, 1.54) is 5.56 Å². The molecule has 4 nitrogen and oxygen atoms in total. The van der Waals surface area contributed by atoms with E-state index in [2.05, 4.69) is 47.4 Å². The summed E-state index contributed by atoms with van der Waals surface area (Å²) in [5.41, 5.74) is 7.25. The first-order chi connectivity index (χ1) is 15.8. The highest BCUT2D eigenvalue weighted by Crippen LogP contribution is 2.24. The van der Waals surface area contributed by atoms with Gasteiger partial charge in [0.1, 0.15) is 0 Å². The van der Waals surface area contributed by atoms with Crippen LogP contribution in [0.3, 0.4) is 0 Å². The molecule has 0 spiro atoms. The van der Waals surface area contributed by atoms with E-state index in [-0.39, 0.29) is 5.69 Å². The molecule has 4 aromatic carbocycles. The van der Waals surface area contributed by atoms with Gasteiger partial charge in [-0.2, -0.15) is 0 Å². The topological polar surface area (TPSA) is 47.0 Å². The van der Waals surface area contributed by atoms with Crippen LogP contribution in [0, 0.1) is 0 Å². The lowest BCUT2D eigenvalue weighted by atomic mass is 10.0. The largest absolute Gasteiger partial charge is 0.372 e. The summed E-state index contributed by atoms with van der Waals surface area (Å²) in [6.07, 6.45) is 0. The van der Waals surface area contributed by atoms with Crippen LogP contribution in [0.15, 0.2) is 108 Å². The Hall–Kier alpha value is -3.89. The zero-order valence-electron chi connectivity index (χ0n) is 17.7. The molecule has 5 rings (SSSR count). The van der Waals surface area contributed by atoms with Crippen molar-refractivity contribution in [2.24, 2.45) is 0 Å². The molecule has 0 fully saturated rings. The number of benzene rings is 4. The van der Waals surface area contributed by atoms with E-state index < -0.39 is 0 Å². The van der Waals surface area contributed by atoms with Crippen molar-refractivity contribution in [2.75, 3.05) is 0 Å². The normalized spacial score (nSPS) is 11.1. The van der Waals surface area contributed by atoms with E-state index in [0.29, 0.717) is 19.8 Å². The van der Waals surface area contributed by atoms with Gasteiger partial charge in [0.15, 0.2) is 0 Å². The summed E-state index contributed by atoms with van der Waals surface area (Å²) in [6, 6.07) is 34.7. The first kappa shape index (κ1) is 20.0. The van der Waals surface area contributed by atoms with E-state index in [0.717, 1.165) is 33.3 Å². The number of nitrogens with zero attached hydrogens (tertiary/aromatic N) is 1. The number of imidazole rings is 1. The van der Waals surface area contributed by atoms with Gasteiger partial charge >= 0.3 is 5.69 Å². The fourth-order valence-corrected chi connectivity index (χ4v) is 3.92. The number of fused-ring (bicyclic) bond motifs is 1. The van der Waals surface area contributed by atoms with Gasteiger partial charge in [-0.3, -0.25) is 4.57 Å². The third-order valence-electron chi connectivity index (χ3n) is 5.63. The smallest absolute Gasteiger partial charge is 0.326 e. The molecule has 0 aliphatic heterocycles. The average Bonchev–Trinajstić information content (AvgIpc) is 3.15. The lowest BCUT2D eigenvalue weighted by Gasteiger charge is -2.07. The highest BCUT2D eigenvalue weighted by molar-refractivity contribution is 5.82. The van der Waals surface area contributed by atoms with Crippen molar-refractivity contribution in [1.29, 1.82) is 0 Å². The van der Waals surface area contributed by atoms with Gasteiger partial charge in [0.05, 0.1) is 30.8 Å². The number of aromatic amines is 1. The van der Waals surface area contributed by atoms with Gasteiger partial charge in [-0.05, 0) is 39.9 Å². The van der Waals surface area contributed by atoms with E-state index in [4.69, 9.17) is 4.74 Å². The molecule has 4 heteroatoms. The quantitative estimate of drug-likeness (QED) is 0.364. The van der Waals surface area contributed by atoms with Gasteiger partial charge in [-0.15, -0.1) is 0 Å². The number of hydrogen-bond acceptors (Lipinski definition) is 2. The molecule has 1 N–H and O–H groups in total. The van der Waals surface area contributed by atoms with Crippen molar-refractivity contribution in [1.82, 2.24) is 9.55 Å². The standard InChI is InChI=1S/C28H24N2O2/c31-28-29-26-17-25(15-16-27(26)30(28)18-21-7-3-1-4-8-21)24-13-11-23(12-14-24)20-32-19-22-9-5-2-6-10-22/h1-17H,18-20H2,(H,29,31). The van der Waals surface area contributed by atoms with Crippen LogP contribution in [0.25, 0.3) is 22.2 Å². The van der Waals surface area contributed by atoms with Crippen LogP contribution in [-0.2, 0) is 24.5 Å². The molecule has 32 heavy (non-hydrogen) atoms. The maximum Gasteiger partial charge on any atom is 0.326 e. The number of aromatic nitrogens is 2. The number of ether oxygens (including phenoxy) is 1. The Morgan fingerprint density at radius 2 is 1.25 bits per heavy atom. The minimum Gasteiger partial charge on any atom is -0.372 e. The second kappa shape index (κ2) is 9.08. The number of hydrogen-bond donors (Lipinski definition) is 1. The van der Waals surface area contributed by atoms with Crippen LogP contribution in [0.1, 0.15) is 16.7 Å². The Balaban J connectivity index is 1.31. The summed E-state index contributed by atoms with van der Waals surface area (Å²) in [5, 5.41) is 0. The van der Waals surface area contributed by atoms with Crippen LogP contribution in [0.2, 0.25) is 0 Å². The van der Waals surface area contributed by atoms with Crippen molar-refractivity contribution in [3.63, 3.8) is 0 Å². The van der Waals surface area contributed by atoms with Crippen LogP contribution in [0.4, 0.5) is 0 Å². The molecule has 1 heterocycles. The van der Waals surface area contributed by atoms with Gasteiger partial charge in [-0.1, -0.05) is 91.0 Å². The zero-order valence-corrected chi connectivity index (χ0v) is 17.7. The highest BCUT2D eigenvalue weighted by Gasteiger charge is 2.09. The molecular weight excluding hydrogens is 396 g/mol. The summed E-state index contributed by atoms with van der Waals surface area (Å²) in [4.78, 5) is 15.5. The van der Waals surface area contributed by atoms with Crippen LogP contribution >= 0.6 is 0 Å². The molecule has 0 amide bonds. The van der Waals surface area contributed by atoms with Crippen LogP contribution in [0.5, 0.6) is 0 Å². The van der Waals surface area contributed by atoms with Gasteiger partial charge < -0.3 is 9.72 Å². The molecular formula is C28H24N2O2. The average molecular weight is 421 g/mol. The van der Waals surface area contributed by atoms with Crippen molar-refractivity contribution in [3.8, 4) is 11.1 Å². The Labute approximate surface area is 186 Å². The predicted octanol–water partition coefficient (Wildman–Crippen LogP) is 5.76. The summed E-state index contributed by atoms with van der Waals surface area (Å²) in [5.74, 6) is 0. The molecule has 0 saturated heterocycles. The third kappa shape index (κ3) is 4.41. The zero-order chi connectivity index (χ0) is 21.8. The monoisotopic (exact) mass is 420 g/mol. The van der Waals surface area contributed by atoms with E-state index >= 15 is 0 Å². The molecule has 0 saturated carbocycles. The van der Waals surface area contributed by atoms with E-state index in [1.807, 2.05) is 60.7 Å². The summed E-state index contributed by atoms with van der Waals surface area (Å²) >= 11 is 0. The Morgan fingerprint density at radius 3 is 1.94 bits per heavy atom. The maximum absolute atomic E-state index is 12.5. The summed E-state index contributed by atoms with van der Waals surface area (Å²) in [6.45, 7) is 1.73. The lowest BCUT2D eigenvalue weighted by molar-refractivity contribution is 0.107. The minimum absolute atomic E-state index is 0.0908. The third-order valence-corrected chi connectivity index (χ3v) is 5.63. The SMILES string of the molecule is O=c1[nH]c2cc(-c3ccc(COCc4ccccc4)cc3)ccc2n1Cc1ccccc1. The molecule has 0 unspecified atom stereocenters. The van der Waals surface area contributed by atoms with Crippen LogP contribution in [-0.4, -0.2) is 9.55 Å². The lowest BCUT2D eigenvalue weighted by Crippen LogP contribution is -2.17. The van der Waals surface area contributed by atoms with Crippen molar-refractivity contribution < 1.29 is 4.74 Å². The second-order valence-electron chi connectivity index (χ2n) is 7.91. The first-order valence-electron chi connectivity index (χ1n) is 10.7. The molecule has 0 aliphatic carbocycles. The van der Waals surface area contributed by atoms with Crippen molar-refractivity contribution >= 4 is 11.0 Å². The number of nitrogens with one attached hydrogen (secondary N) is 1. The van der Waals surface area contributed by atoms with Gasteiger partial charge in [0.2, 0.25) is 0 Å². The van der Waals surface area contributed by atoms with Crippen molar-refractivity contribution in [2.45, 2.75) is 19.8 Å². The number of H-pyrrole nitrogens is 1. The van der Waals surface area contributed by atoms with Crippen molar-refractivity contribution in [3.05, 3.63) is 130 Å². The van der Waals surface area contributed by atoms with Gasteiger partial charge in [-0.25, -0.2) is 4.79 Å².